The second-order valence-electron chi connectivity index (χ2n) is 11.2. The van der Waals surface area contributed by atoms with Gasteiger partial charge in [0, 0.05) is 43.1 Å². The van der Waals surface area contributed by atoms with Crippen molar-refractivity contribution in [3.63, 3.8) is 0 Å². The van der Waals surface area contributed by atoms with Gasteiger partial charge in [0.25, 0.3) is 0 Å². The minimum absolute atomic E-state index is 0.0541. The SMILES string of the molecule is CCc1cccc(-c2c(F)cccc2C(O)(CCCNC(=O)OC)C2CCCN(C(=O)C3CC(N)C(O)C3)C2)c1. The molecule has 2 fully saturated rings. The van der Waals surface area contributed by atoms with Gasteiger partial charge in [0.2, 0.25) is 5.91 Å². The van der Waals surface area contributed by atoms with Crippen molar-refractivity contribution in [1.82, 2.24) is 10.2 Å². The number of hydrogen-bond donors (Lipinski definition) is 4. The van der Waals surface area contributed by atoms with Crippen LogP contribution in [-0.4, -0.2) is 66.0 Å². The fourth-order valence-electron chi connectivity index (χ4n) is 6.38. The Balaban J connectivity index is 1.68. The first-order chi connectivity index (χ1) is 19.2. The first-order valence-electron chi connectivity index (χ1n) is 14.3. The molecule has 0 spiro atoms. The van der Waals surface area contributed by atoms with Gasteiger partial charge in [-0.05, 0) is 67.7 Å². The fourth-order valence-corrected chi connectivity index (χ4v) is 6.38. The number of rotatable bonds is 9. The van der Waals surface area contributed by atoms with E-state index in [1.807, 2.05) is 31.2 Å². The maximum Gasteiger partial charge on any atom is 0.406 e. The molecule has 1 aliphatic carbocycles. The second-order valence-corrected chi connectivity index (χ2v) is 11.2. The summed E-state index contributed by atoms with van der Waals surface area (Å²) < 4.78 is 20.3. The van der Waals surface area contributed by atoms with Crippen LogP contribution in [0.1, 0.15) is 56.6 Å². The Hall–Kier alpha value is -3.01. The number of hydrogen-bond acceptors (Lipinski definition) is 6. The smallest absolute Gasteiger partial charge is 0.406 e. The van der Waals surface area contributed by atoms with Gasteiger partial charge in [0.15, 0.2) is 0 Å². The Morgan fingerprint density at radius 3 is 2.70 bits per heavy atom. The van der Waals surface area contributed by atoms with E-state index < -0.39 is 29.7 Å². The number of amides is 2. The Bertz CT molecular complexity index is 1180. The van der Waals surface area contributed by atoms with Crippen molar-refractivity contribution < 1.29 is 28.9 Å². The normalized spacial score (nSPS) is 24.4. The van der Waals surface area contributed by atoms with E-state index in [1.54, 1.807) is 17.0 Å². The highest BCUT2D eigenvalue weighted by Gasteiger charge is 2.45. The molecule has 1 aliphatic heterocycles. The highest BCUT2D eigenvalue weighted by Crippen LogP contribution is 2.44. The van der Waals surface area contributed by atoms with Gasteiger partial charge in [-0.2, -0.15) is 0 Å². The van der Waals surface area contributed by atoms with E-state index in [9.17, 15) is 19.8 Å². The summed E-state index contributed by atoms with van der Waals surface area (Å²) in [6.07, 6.45) is 2.34. The third-order valence-corrected chi connectivity index (χ3v) is 8.63. The van der Waals surface area contributed by atoms with Gasteiger partial charge in [-0.25, -0.2) is 9.18 Å². The molecule has 40 heavy (non-hydrogen) atoms. The molecule has 5 N–H and O–H groups in total. The van der Waals surface area contributed by atoms with Crippen LogP contribution in [0.15, 0.2) is 42.5 Å². The third-order valence-electron chi connectivity index (χ3n) is 8.63. The van der Waals surface area contributed by atoms with E-state index in [4.69, 9.17) is 5.73 Å². The number of ether oxygens (including phenoxy) is 1. The summed E-state index contributed by atoms with van der Waals surface area (Å²) in [5.41, 5.74) is 7.10. The third kappa shape index (κ3) is 6.48. The van der Waals surface area contributed by atoms with Crippen LogP contribution in [0.5, 0.6) is 0 Å². The van der Waals surface area contributed by atoms with Crippen LogP contribution < -0.4 is 11.1 Å². The van der Waals surface area contributed by atoms with Crippen LogP contribution in [0.25, 0.3) is 11.1 Å². The number of nitrogens with zero attached hydrogens (tertiary/aromatic N) is 1. The lowest BCUT2D eigenvalue weighted by molar-refractivity contribution is -0.141. The largest absolute Gasteiger partial charge is 0.453 e. The number of likely N-dealkylation sites (tertiary alicyclic amines) is 1. The van der Waals surface area contributed by atoms with Crippen molar-refractivity contribution in [2.75, 3.05) is 26.7 Å². The molecule has 5 unspecified atom stereocenters. The van der Waals surface area contributed by atoms with Gasteiger partial charge in [-0.15, -0.1) is 0 Å². The zero-order valence-corrected chi connectivity index (χ0v) is 23.4. The van der Waals surface area contributed by atoms with E-state index in [0.29, 0.717) is 61.9 Å². The summed E-state index contributed by atoms with van der Waals surface area (Å²) in [4.78, 5) is 26.8. The molecule has 1 heterocycles. The minimum atomic E-state index is -1.47. The van der Waals surface area contributed by atoms with Crippen LogP contribution in [0.3, 0.4) is 0 Å². The fraction of sp³-hybridized carbons (Fsp3) is 0.548. The van der Waals surface area contributed by atoms with Crippen molar-refractivity contribution in [2.24, 2.45) is 17.6 Å². The van der Waals surface area contributed by atoms with Gasteiger partial charge < -0.3 is 30.9 Å². The van der Waals surface area contributed by atoms with Crippen molar-refractivity contribution in [3.8, 4) is 11.1 Å². The summed E-state index contributed by atoms with van der Waals surface area (Å²) in [7, 11) is 1.29. The molecule has 0 radical (unpaired) electrons. The van der Waals surface area contributed by atoms with E-state index in [0.717, 1.165) is 12.0 Å². The van der Waals surface area contributed by atoms with Crippen LogP contribution in [0, 0.1) is 17.7 Å². The number of nitrogens with one attached hydrogen (secondary N) is 1. The molecule has 0 bridgehead atoms. The van der Waals surface area contributed by atoms with E-state index in [2.05, 4.69) is 10.1 Å². The van der Waals surface area contributed by atoms with E-state index in [1.165, 1.54) is 13.2 Å². The molecule has 2 amide bonds. The average molecular weight is 556 g/mol. The van der Waals surface area contributed by atoms with Crippen LogP contribution in [0.2, 0.25) is 0 Å². The predicted octanol–water partition coefficient (Wildman–Crippen LogP) is 3.72. The molecular formula is C31H42FN3O5. The molecule has 1 saturated heterocycles. The summed E-state index contributed by atoms with van der Waals surface area (Å²) in [5.74, 6) is -1.18. The molecule has 2 aromatic rings. The summed E-state index contributed by atoms with van der Waals surface area (Å²) in [6, 6.07) is 12.1. The highest BCUT2D eigenvalue weighted by atomic mass is 19.1. The van der Waals surface area contributed by atoms with Gasteiger partial charge >= 0.3 is 6.09 Å². The maximum absolute atomic E-state index is 15.6. The van der Waals surface area contributed by atoms with Crippen molar-refractivity contribution >= 4 is 12.0 Å². The molecule has 2 aliphatic rings. The average Bonchev–Trinajstić information content (AvgIpc) is 3.32. The number of aliphatic hydroxyl groups is 2. The molecule has 4 rings (SSSR count). The number of alkyl carbamates (subject to hydrolysis) is 1. The number of nitrogens with two attached hydrogens (primary N) is 1. The van der Waals surface area contributed by atoms with Crippen molar-refractivity contribution in [3.05, 3.63) is 59.4 Å². The Kier molecular flexibility index (Phi) is 9.81. The van der Waals surface area contributed by atoms with Crippen LogP contribution in [-0.2, 0) is 21.6 Å². The number of carbonyl (C=O) groups excluding carboxylic acids is 2. The predicted molar refractivity (Wildman–Crippen MR) is 151 cm³/mol. The first-order valence-corrected chi connectivity index (χ1v) is 14.3. The lowest BCUT2D eigenvalue weighted by Gasteiger charge is -2.44. The zero-order valence-electron chi connectivity index (χ0n) is 23.4. The molecule has 0 aromatic heterocycles. The lowest BCUT2D eigenvalue weighted by atomic mass is 9.72. The van der Waals surface area contributed by atoms with Gasteiger partial charge in [0.1, 0.15) is 5.82 Å². The van der Waals surface area contributed by atoms with Gasteiger partial charge in [-0.3, -0.25) is 4.79 Å². The molecule has 5 atom stereocenters. The summed E-state index contributed by atoms with van der Waals surface area (Å²) in [5, 5.41) is 25.3. The standard InChI is InChI=1S/C31H42FN3O5/c1-3-20-8-4-9-21(16-20)28-24(11-5-12-25(28)32)31(39,13-7-14-34-30(38)40-2)23-10-6-15-35(19-23)29(37)22-17-26(33)27(36)18-22/h4-5,8-9,11-12,16,22-23,26-27,36,39H,3,6-7,10,13-15,17-19,33H2,1-2H3,(H,34,38). The Morgan fingerprint density at radius 1 is 1.23 bits per heavy atom. The number of carbonyl (C=O) groups is 2. The molecule has 9 heteroatoms. The van der Waals surface area contributed by atoms with Crippen molar-refractivity contribution in [2.45, 2.75) is 69.6 Å². The van der Waals surface area contributed by atoms with Crippen LogP contribution >= 0.6 is 0 Å². The minimum Gasteiger partial charge on any atom is -0.453 e. The summed E-state index contributed by atoms with van der Waals surface area (Å²) in [6.45, 7) is 3.19. The quantitative estimate of drug-likeness (QED) is 0.350. The number of aryl methyl sites for hydroxylation is 1. The number of methoxy groups -OCH3 is 1. The second kappa shape index (κ2) is 13.1. The number of halogens is 1. The van der Waals surface area contributed by atoms with E-state index in [-0.39, 0.29) is 30.7 Å². The zero-order chi connectivity index (χ0) is 28.9. The number of aliphatic hydroxyl groups excluding tert-OH is 1. The maximum atomic E-state index is 15.6. The molecule has 1 saturated carbocycles. The molecule has 2 aromatic carbocycles. The van der Waals surface area contributed by atoms with E-state index >= 15 is 4.39 Å². The summed E-state index contributed by atoms with van der Waals surface area (Å²) >= 11 is 0. The Morgan fingerprint density at radius 2 is 2.00 bits per heavy atom. The number of benzene rings is 2. The van der Waals surface area contributed by atoms with Crippen LogP contribution in [0.4, 0.5) is 9.18 Å². The topological polar surface area (TPSA) is 125 Å². The molecule has 8 nitrogen and oxygen atoms in total. The monoisotopic (exact) mass is 555 g/mol. The molecular weight excluding hydrogens is 513 g/mol. The van der Waals surface area contributed by atoms with Crippen molar-refractivity contribution in [1.29, 1.82) is 0 Å². The molecule has 218 valence electrons. The Labute approximate surface area is 235 Å². The van der Waals surface area contributed by atoms with Gasteiger partial charge in [-0.1, -0.05) is 43.3 Å². The first kappa shape index (κ1) is 30.0. The number of piperidine rings is 1. The lowest BCUT2D eigenvalue weighted by Crippen LogP contribution is -2.50. The highest BCUT2D eigenvalue weighted by molar-refractivity contribution is 5.79. The van der Waals surface area contributed by atoms with Gasteiger partial charge in [0.05, 0.1) is 18.8 Å².